The summed E-state index contributed by atoms with van der Waals surface area (Å²) in [4.78, 5) is 24.1. The Morgan fingerprint density at radius 1 is 1.07 bits per heavy atom. The molecule has 10 heteroatoms. The van der Waals surface area contributed by atoms with Gasteiger partial charge in [0, 0.05) is 15.5 Å². The first-order valence-electron chi connectivity index (χ1n) is 8.19. The second kappa shape index (κ2) is 8.36. The van der Waals surface area contributed by atoms with Gasteiger partial charge in [-0.15, -0.1) is 11.3 Å². The van der Waals surface area contributed by atoms with E-state index in [9.17, 15) is 23.1 Å². The topological polar surface area (TPSA) is 113 Å². The largest absolute Gasteiger partial charge is 0.478 e. The molecule has 7 nitrogen and oxygen atoms in total. The first-order chi connectivity index (χ1) is 13.7. The molecule has 0 aliphatic rings. The SMILES string of the molecule is Cc1c(S(=O)(=O)Nc2ccc(Br)cc2)csc1C(=O)Nc1ccccc1C(=O)O. The molecular weight excluding hydrogens is 480 g/mol. The summed E-state index contributed by atoms with van der Waals surface area (Å²) in [7, 11) is -3.89. The maximum atomic E-state index is 12.7. The Kier molecular flexibility index (Phi) is 6.06. The van der Waals surface area contributed by atoms with Crippen molar-refractivity contribution < 1.29 is 23.1 Å². The second-order valence-electron chi connectivity index (χ2n) is 5.97. The Morgan fingerprint density at radius 3 is 2.38 bits per heavy atom. The number of anilines is 2. The summed E-state index contributed by atoms with van der Waals surface area (Å²) < 4.78 is 28.7. The molecule has 150 valence electrons. The number of rotatable bonds is 6. The smallest absolute Gasteiger partial charge is 0.337 e. The van der Waals surface area contributed by atoms with Gasteiger partial charge in [0.2, 0.25) is 0 Å². The van der Waals surface area contributed by atoms with E-state index in [2.05, 4.69) is 26.0 Å². The molecule has 3 aromatic rings. The molecule has 0 fully saturated rings. The Labute approximate surface area is 179 Å². The zero-order chi connectivity index (χ0) is 21.2. The zero-order valence-corrected chi connectivity index (χ0v) is 18.2. The molecule has 1 aromatic heterocycles. The minimum absolute atomic E-state index is 0.0120. The van der Waals surface area contributed by atoms with Crippen molar-refractivity contribution in [1.82, 2.24) is 0 Å². The van der Waals surface area contributed by atoms with E-state index in [1.54, 1.807) is 36.4 Å². The molecular formula is C19H15BrN2O5S2. The van der Waals surface area contributed by atoms with Gasteiger partial charge in [0.05, 0.1) is 16.1 Å². The Hall–Kier alpha value is -2.69. The Bertz CT molecular complexity index is 1190. The molecule has 0 aliphatic carbocycles. The predicted octanol–water partition coefficient (Wildman–Crippen LogP) is 4.57. The Morgan fingerprint density at radius 2 is 1.72 bits per heavy atom. The number of amides is 1. The quantitative estimate of drug-likeness (QED) is 0.464. The number of thiophene rings is 1. The predicted molar refractivity (Wildman–Crippen MR) is 115 cm³/mol. The van der Waals surface area contributed by atoms with Crippen LogP contribution in [0.3, 0.4) is 0 Å². The highest BCUT2D eigenvalue weighted by Gasteiger charge is 2.24. The maximum Gasteiger partial charge on any atom is 0.337 e. The molecule has 0 spiro atoms. The highest BCUT2D eigenvalue weighted by Crippen LogP contribution is 2.29. The van der Waals surface area contributed by atoms with Crippen molar-refractivity contribution in [3.8, 4) is 0 Å². The van der Waals surface area contributed by atoms with Gasteiger partial charge in [-0.25, -0.2) is 13.2 Å². The summed E-state index contributed by atoms with van der Waals surface area (Å²) in [5.41, 5.74) is 0.750. The Balaban J connectivity index is 1.86. The zero-order valence-electron chi connectivity index (χ0n) is 15.0. The maximum absolute atomic E-state index is 12.7. The lowest BCUT2D eigenvalue weighted by Gasteiger charge is -2.09. The van der Waals surface area contributed by atoms with Crippen molar-refractivity contribution in [2.75, 3.05) is 10.0 Å². The normalized spacial score (nSPS) is 11.1. The molecule has 0 bridgehead atoms. The van der Waals surface area contributed by atoms with E-state index in [0.29, 0.717) is 5.69 Å². The van der Waals surface area contributed by atoms with E-state index in [1.807, 2.05) is 0 Å². The second-order valence-corrected chi connectivity index (χ2v) is 9.42. The molecule has 3 rings (SSSR count). The van der Waals surface area contributed by atoms with Gasteiger partial charge < -0.3 is 10.4 Å². The van der Waals surface area contributed by atoms with Gasteiger partial charge in [0.25, 0.3) is 15.9 Å². The summed E-state index contributed by atoms with van der Waals surface area (Å²) in [6.45, 7) is 1.53. The van der Waals surface area contributed by atoms with E-state index in [0.717, 1.165) is 15.8 Å². The number of para-hydroxylation sites is 1. The molecule has 1 amide bonds. The van der Waals surface area contributed by atoms with Crippen molar-refractivity contribution in [3.63, 3.8) is 0 Å². The number of carbonyl (C=O) groups excluding carboxylic acids is 1. The molecule has 0 saturated heterocycles. The summed E-state index contributed by atoms with van der Waals surface area (Å²) in [5.74, 6) is -1.75. The fraction of sp³-hybridized carbons (Fsp3) is 0.0526. The number of hydrogen-bond donors (Lipinski definition) is 3. The van der Waals surface area contributed by atoms with Gasteiger partial charge in [-0.05, 0) is 48.9 Å². The summed E-state index contributed by atoms with van der Waals surface area (Å²) in [5, 5.41) is 13.2. The number of nitrogens with one attached hydrogen (secondary N) is 2. The fourth-order valence-corrected chi connectivity index (χ4v) is 5.46. The van der Waals surface area contributed by atoms with Crippen LogP contribution in [0.2, 0.25) is 0 Å². The third-order valence-electron chi connectivity index (χ3n) is 3.99. The monoisotopic (exact) mass is 494 g/mol. The van der Waals surface area contributed by atoms with Gasteiger partial charge in [0.15, 0.2) is 0 Å². The van der Waals surface area contributed by atoms with Crippen LogP contribution in [-0.2, 0) is 10.0 Å². The highest BCUT2D eigenvalue weighted by molar-refractivity contribution is 9.10. The molecule has 0 atom stereocenters. The fourth-order valence-electron chi connectivity index (χ4n) is 2.58. The lowest BCUT2D eigenvalue weighted by Crippen LogP contribution is -2.16. The average Bonchev–Trinajstić information content (AvgIpc) is 3.06. The van der Waals surface area contributed by atoms with Crippen LogP contribution >= 0.6 is 27.3 Å². The molecule has 0 unspecified atom stereocenters. The number of halogens is 1. The first-order valence-corrected chi connectivity index (χ1v) is 11.3. The molecule has 29 heavy (non-hydrogen) atoms. The molecule has 3 N–H and O–H groups in total. The minimum atomic E-state index is -3.89. The summed E-state index contributed by atoms with van der Waals surface area (Å²) >= 11 is 4.26. The van der Waals surface area contributed by atoms with Crippen molar-refractivity contribution >= 4 is 60.5 Å². The lowest BCUT2D eigenvalue weighted by molar-refractivity contribution is 0.0698. The van der Waals surface area contributed by atoms with Gasteiger partial charge in [-0.3, -0.25) is 9.52 Å². The minimum Gasteiger partial charge on any atom is -0.478 e. The van der Waals surface area contributed by atoms with Crippen LogP contribution in [0.15, 0.2) is 63.3 Å². The van der Waals surface area contributed by atoms with E-state index in [4.69, 9.17) is 0 Å². The molecule has 0 aliphatic heterocycles. The summed E-state index contributed by atoms with van der Waals surface area (Å²) in [6.07, 6.45) is 0. The van der Waals surface area contributed by atoms with Gasteiger partial charge in [0.1, 0.15) is 4.90 Å². The molecule has 0 radical (unpaired) electrons. The van der Waals surface area contributed by atoms with Crippen LogP contribution in [0, 0.1) is 6.92 Å². The van der Waals surface area contributed by atoms with E-state index in [-0.39, 0.29) is 26.6 Å². The highest BCUT2D eigenvalue weighted by atomic mass is 79.9. The number of carbonyl (C=O) groups is 2. The molecule has 1 heterocycles. The van der Waals surface area contributed by atoms with E-state index >= 15 is 0 Å². The van der Waals surface area contributed by atoms with Crippen molar-refractivity contribution in [3.05, 3.63) is 74.4 Å². The number of sulfonamides is 1. The number of carboxylic acids is 1. The van der Waals surface area contributed by atoms with Crippen LogP contribution in [0.25, 0.3) is 0 Å². The number of carboxylic acid groups (broad SMARTS) is 1. The number of benzene rings is 2. The van der Waals surface area contributed by atoms with Crippen LogP contribution in [0.1, 0.15) is 25.6 Å². The van der Waals surface area contributed by atoms with Crippen molar-refractivity contribution in [2.45, 2.75) is 11.8 Å². The standard InChI is InChI=1S/C19H15BrN2O5S2/c1-11-16(29(26,27)22-13-8-6-12(20)7-9-13)10-28-17(11)18(23)21-15-5-3-2-4-14(15)19(24)25/h2-10,22H,1H3,(H,21,23)(H,24,25). The first kappa shape index (κ1) is 21.0. The van der Waals surface area contributed by atoms with Gasteiger partial charge in [-0.2, -0.15) is 0 Å². The third-order valence-corrected chi connectivity index (χ3v) is 7.26. The molecule has 0 saturated carbocycles. The van der Waals surface area contributed by atoms with E-state index < -0.39 is 21.9 Å². The van der Waals surface area contributed by atoms with Gasteiger partial charge in [-0.1, -0.05) is 28.1 Å². The van der Waals surface area contributed by atoms with Crippen LogP contribution in [-0.4, -0.2) is 25.4 Å². The van der Waals surface area contributed by atoms with Crippen LogP contribution < -0.4 is 10.0 Å². The molecule has 2 aromatic carbocycles. The van der Waals surface area contributed by atoms with Gasteiger partial charge >= 0.3 is 5.97 Å². The van der Waals surface area contributed by atoms with Crippen LogP contribution in [0.5, 0.6) is 0 Å². The number of aromatic carboxylic acids is 1. The lowest BCUT2D eigenvalue weighted by atomic mass is 10.1. The summed E-state index contributed by atoms with van der Waals surface area (Å²) in [6, 6.07) is 12.6. The number of hydrogen-bond acceptors (Lipinski definition) is 5. The van der Waals surface area contributed by atoms with E-state index in [1.165, 1.54) is 24.4 Å². The van der Waals surface area contributed by atoms with Crippen molar-refractivity contribution in [2.24, 2.45) is 0 Å². The van der Waals surface area contributed by atoms with Crippen LogP contribution in [0.4, 0.5) is 11.4 Å². The average molecular weight is 495 g/mol. The third kappa shape index (κ3) is 4.66. The van der Waals surface area contributed by atoms with Crippen molar-refractivity contribution in [1.29, 1.82) is 0 Å².